The first kappa shape index (κ1) is 13.6. The molecule has 0 spiro atoms. The van der Waals surface area contributed by atoms with Gasteiger partial charge in [0, 0.05) is 19.1 Å². The molecule has 0 bridgehead atoms. The summed E-state index contributed by atoms with van der Waals surface area (Å²) in [4.78, 5) is 4.55. The molecule has 20 heavy (non-hydrogen) atoms. The highest BCUT2D eigenvalue weighted by molar-refractivity contribution is 5.77. The van der Waals surface area contributed by atoms with E-state index < -0.39 is 0 Å². The molecule has 0 radical (unpaired) electrons. The molecule has 2 aromatic rings. The molecule has 0 saturated heterocycles. The SMILES string of the molecule is Cc1cc2ncn(CC(C)(C)CNC3CC3)c2cc1C. The Kier molecular flexibility index (Phi) is 3.33. The first-order valence-electron chi connectivity index (χ1n) is 7.60. The summed E-state index contributed by atoms with van der Waals surface area (Å²) in [6.45, 7) is 11.1. The van der Waals surface area contributed by atoms with E-state index in [0.717, 1.165) is 24.6 Å². The van der Waals surface area contributed by atoms with Gasteiger partial charge in [-0.1, -0.05) is 13.8 Å². The number of rotatable bonds is 5. The Labute approximate surface area is 121 Å². The van der Waals surface area contributed by atoms with Crippen molar-refractivity contribution in [3.63, 3.8) is 0 Å². The van der Waals surface area contributed by atoms with E-state index in [9.17, 15) is 0 Å². The number of nitrogens with one attached hydrogen (secondary N) is 1. The fraction of sp³-hybridized carbons (Fsp3) is 0.588. The number of hydrogen-bond acceptors (Lipinski definition) is 2. The van der Waals surface area contributed by atoms with Crippen molar-refractivity contribution in [2.24, 2.45) is 5.41 Å². The van der Waals surface area contributed by atoms with Gasteiger partial charge >= 0.3 is 0 Å². The first-order chi connectivity index (χ1) is 9.44. The molecule has 1 heterocycles. The lowest BCUT2D eigenvalue weighted by Gasteiger charge is -2.26. The molecule has 1 N–H and O–H groups in total. The maximum atomic E-state index is 4.55. The summed E-state index contributed by atoms with van der Waals surface area (Å²) >= 11 is 0. The van der Waals surface area contributed by atoms with Crippen molar-refractivity contribution in [2.45, 2.75) is 53.1 Å². The highest BCUT2D eigenvalue weighted by Crippen LogP contribution is 2.25. The van der Waals surface area contributed by atoms with Crippen LogP contribution in [0.4, 0.5) is 0 Å². The third-order valence-electron chi connectivity index (χ3n) is 4.28. The Balaban J connectivity index is 1.80. The maximum absolute atomic E-state index is 4.55. The highest BCUT2D eigenvalue weighted by Gasteiger charge is 2.25. The Morgan fingerprint density at radius 2 is 1.95 bits per heavy atom. The van der Waals surface area contributed by atoms with E-state index in [4.69, 9.17) is 0 Å². The molecule has 108 valence electrons. The van der Waals surface area contributed by atoms with Crippen LogP contribution in [-0.2, 0) is 6.54 Å². The topological polar surface area (TPSA) is 29.9 Å². The zero-order valence-electron chi connectivity index (χ0n) is 13.0. The minimum absolute atomic E-state index is 0.245. The molecule has 1 aliphatic rings. The molecule has 3 heteroatoms. The Bertz CT molecular complexity index is 620. The van der Waals surface area contributed by atoms with Crippen LogP contribution in [0.1, 0.15) is 37.8 Å². The van der Waals surface area contributed by atoms with Crippen molar-refractivity contribution < 1.29 is 0 Å². The summed E-state index contributed by atoms with van der Waals surface area (Å²) in [7, 11) is 0. The minimum Gasteiger partial charge on any atom is -0.330 e. The minimum atomic E-state index is 0.245. The van der Waals surface area contributed by atoms with E-state index in [0.29, 0.717) is 0 Å². The molecular formula is C17H25N3. The van der Waals surface area contributed by atoms with Crippen LogP contribution in [0.15, 0.2) is 18.5 Å². The van der Waals surface area contributed by atoms with Gasteiger partial charge in [-0.3, -0.25) is 0 Å². The molecule has 0 amide bonds. The number of hydrogen-bond donors (Lipinski definition) is 1. The summed E-state index contributed by atoms with van der Waals surface area (Å²) in [6, 6.07) is 5.23. The van der Waals surface area contributed by atoms with Crippen molar-refractivity contribution in [2.75, 3.05) is 6.54 Å². The fourth-order valence-electron chi connectivity index (χ4n) is 2.66. The van der Waals surface area contributed by atoms with E-state index in [1.165, 1.54) is 29.5 Å². The van der Waals surface area contributed by atoms with Gasteiger partial charge in [0.05, 0.1) is 17.4 Å². The largest absolute Gasteiger partial charge is 0.330 e. The van der Waals surface area contributed by atoms with Gasteiger partial charge in [-0.15, -0.1) is 0 Å². The predicted molar refractivity (Wildman–Crippen MR) is 84.0 cm³/mol. The Morgan fingerprint density at radius 3 is 2.65 bits per heavy atom. The normalized spacial score (nSPS) is 16.0. The monoisotopic (exact) mass is 271 g/mol. The van der Waals surface area contributed by atoms with Crippen LogP contribution >= 0.6 is 0 Å². The molecule has 0 atom stereocenters. The third-order valence-corrected chi connectivity index (χ3v) is 4.28. The van der Waals surface area contributed by atoms with Crippen LogP contribution in [-0.4, -0.2) is 22.1 Å². The van der Waals surface area contributed by atoms with Crippen LogP contribution in [0.3, 0.4) is 0 Å². The second-order valence-corrected chi connectivity index (χ2v) is 7.12. The number of fused-ring (bicyclic) bond motifs is 1. The number of benzene rings is 1. The summed E-state index contributed by atoms with van der Waals surface area (Å²) in [6.07, 6.45) is 4.69. The predicted octanol–water partition coefficient (Wildman–Crippen LogP) is 3.43. The standard InChI is InChI=1S/C17H25N3/c1-12-7-15-16(8-13(12)2)20(11-19-15)10-17(3,4)9-18-14-5-6-14/h7-8,11,14,18H,5-6,9-10H2,1-4H3. The number of aromatic nitrogens is 2. The molecule has 0 unspecified atom stereocenters. The summed E-state index contributed by atoms with van der Waals surface area (Å²) in [5, 5.41) is 3.64. The van der Waals surface area contributed by atoms with E-state index >= 15 is 0 Å². The zero-order chi connectivity index (χ0) is 14.3. The summed E-state index contributed by atoms with van der Waals surface area (Å²) in [5.74, 6) is 0. The van der Waals surface area contributed by atoms with Gasteiger partial charge in [-0.05, 0) is 55.4 Å². The summed E-state index contributed by atoms with van der Waals surface area (Å²) in [5.41, 5.74) is 5.27. The first-order valence-corrected chi connectivity index (χ1v) is 7.60. The lowest BCUT2D eigenvalue weighted by Crippen LogP contribution is -2.34. The van der Waals surface area contributed by atoms with Crippen LogP contribution in [0.5, 0.6) is 0 Å². The number of aryl methyl sites for hydroxylation is 2. The number of imidazole rings is 1. The average molecular weight is 271 g/mol. The number of nitrogens with zero attached hydrogens (tertiary/aromatic N) is 2. The molecule has 0 aliphatic heterocycles. The van der Waals surface area contributed by atoms with Crippen molar-refractivity contribution in [3.8, 4) is 0 Å². The van der Waals surface area contributed by atoms with Gasteiger partial charge in [-0.25, -0.2) is 4.98 Å². The maximum Gasteiger partial charge on any atom is 0.0958 e. The molecule has 1 fully saturated rings. The zero-order valence-corrected chi connectivity index (χ0v) is 13.0. The lowest BCUT2D eigenvalue weighted by molar-refractivity contribution is 0.291. The van der Waals surface area contributed by atoms with Crippen molar-refractivity contribution >= 4 is 11.0 Å². The van der Waals surface area contributed by atoms with E-state index in [1.807, 2.05) is 6.33 Å². The highest BCUT2D eigenvalue weighted by atomic mass is 15.1. The molecular weight excluding hydrogens is 246 g/mol. The second-order valence-electron chi connectivity index (χ2n) is 7.12. The van der Waals surface area contributed by atoms with Crippen LogP contribution in [0.25, 0.3) is 11.0 Å². The fourth-order valence-corrected chi connectivity index (χ4v) is 2.66. The smallest absolute Gasteiger partial charge is 0.0958 e. The van der Waals surface area contributed by atoms with Gasteiger partial charge < -0.3 is 9.88 Å². The van der Waals surface area contributed by atoms with E-state index in [-0.39, 0.29) is 5.41 Å². The van der Waals surface area contributed by atoms with Gasteiger partial charge in [0.15, 0.2) is 0 Å². The second kappa shape index (κ2) is 4.88. The molecule has 1 aliphatic carbocycles. The van der Waals surface area contributed by atoms with E-state index in [1.54, 1.807) is 0 Å². The third kappa shape index (κ3) is 2.88. The molecule has 1 aromatic carbocycles. The van der Waals surface area contributed by atoms with Crippen molar-refractivity contribution in [1.82, 2.24) is 14.9 Å². The van der Waals surface area contributed by atoms with Crippen LogP contribution in [0.2, 0.25) is 0 Å². The molecule has 3 nitrogen and oxygen atoms in total. The van der Waals surface area contributed by atoms with Crippen molar-refractivity contribution in [3.05, 3.63) is 29.6 Å². The quantitative estimate of drug-likeness (QED) is 0.903. The van der Waals surface area contributed by atoms with Crippen LogP contribution in [0, 0.1) is 19.3 Å². The lowest BCUT2D eigenvalue weighted by atomic mass is 9.93. The van der Waals surface area contributed by atoms with Gasteiger partial charge in [0.1, 0.15) is 0 Å². The average Bonchev–Trinajstić information content (AvgIpc) is 3.14. The molecule has 1 saturated carbocycles. The molecule has 3 rings (SSSR count). The van der Waals surface area contributed by atoms with Crippen molar-refractivity contribution in [1.29, 1.82) is 0 Å². The Morgan fingerprint density at radius 1 is 1.25 bits per heavy atom. The summed E-state index contributed by atoms with van der Waals surface area (Å²) < 4.78 is 2.30. The van der Waals surface area contributed by atoms with Gasteiger partial charge in [0.25, 0.3) is 0 Å². The van der Waals surface area contributed by atoms with Gasteiger partial charge in [-0.2, -0.15) is 0 Å². The molecule has 1 aromatic heterocycles. The van der Waals surface area contributed by atoms with E-state index in [2.05, 4.69) is 54.7 Å². The van der Waals surface area contributed by atoms with Crippen LogP contribution < -0.4 is 5.32 Å². The van der Waals surface area contributed by atoms with Gasteiger partial charge in [0.2, 0.25) is 0 Å². The Hall–Kier alpha value is -1.35.